The lowest BCUT2D eigenvalue weighted by atomic mass is 9.61. The highest BCUT2D eigenvalue weighted by Crippen LogP contribution is 2.46. The van der Waals surface area contributed by atoms with Crippen LogP contribution in [0.4, 0.5) is 0 Å². The molecule has 0 unspecified atom stereocenters. The molecule has 0 saturated heterocycles. The van der Waals surface area contributed by atoms with Crippen LogP contribution in [0.5, 0.6) is 0 Å². The molecule has 0 spiro atoms. The second-order valence-electron chi connectivity index (χ2n) is 5.71. The van der Waals surface area contributed by atoms with E-state index in [1.807, 2.05) is 6.07 Å². The van der Waals surface area contributed by atoms with Crippen LogP contribution in [0.1, 0.15) is 50.5 Å². The maximum absolute atomic E-state index is 12.5. The summed E-state index contributed by atoms with van der Waals surface area (Å²) in [6.45, 7) is 0. The molecule has 2 aliphatic rings. The summed E-state index contributed by atoms with van der Waals surface area (Å²) in [7, 11) is 0. The number of carbonyl (C=O) groups is 1. The van der Waals surface area contributed by atoms with Crippen molar-refractivity contribution in [2.45, 2.75) is 50.4 Å². The fourth-order valence-corrected chi connectivity index (χ4v) is 3.00. The summed E-state index contributed by atoms with van der Waals surface area (Å²) >= 11 is 0. The highest BCUT2D eigenvalue weighted by Gasteiger charge is 2.44. The zero-order valence-corrected chi connectivity index (χ0v) is 10.3. The van der Waals surface area contributed by atoms with Crippen molar-refractivity contribution in [3.63, 3.8) is 0 Å². The first-order valence-corrected chi connectivity index (χ1v) is 6.90. The number of Topliss-reactive ketones (excluding diaryl/α,β-unsaturated/α-hetero) is 1. The molecule has 0 amide bonds. The first-order valence-electron chi connectivity index (χ1n) is 6.90. The molecule has 0 N–H and O–H groups in total. The second-order valence-corrected chi connectivity index (χ2v) is 5.71. The zero-order valence-electron chi connectivity index (χ0n) is 10.3. The Morgan fingerprint density at radius 1 is 1.18 bits per heavy atom. The van der Waals surface area contributed by atoms with Gasteiger partial charge in [0.15, 0.2) is 0 Å². The highest BCUT2D eigenvalue weighted by atomic mass is 16.1. The summed E-state index contributed by atoms with van der Waals surface area (Å²) in [5.74, 6) is 1.37. The van der Waals surface area contributed by atoms with E-state index in [2.05, 4.69) is 24.3 Å². The average Bonchev–Trinajstić information content (AvgIpc) is 3.10. The van der Waals surface area contributed by atoms with Gasteiger partial charge >= 0.3 is 0 Å². The second kappa shape index (κ2) is 4.29. The standard InChI is InChI=1S/C16H20O/c17-15(10-9-13-7-8-13)16(11-4-12-16)14-5-2-1-3-6-14/h1-3,5-6,13H,4,7-12H2. The minimum absolute atomic E-state index is 0.101. The van der Waals surface area contributed by atoms with Gasteiger partial charge < -0.3 is 0 Å². The summed E-state index contributed by atoms with van der Waals surface area (Å²) in [5.41, 5.74) is 1.16. The Morgan fingerprint density at radius 3 is 2.41 bits per heavy atom. The molecule has 0 heterocycles. The largest absolute Gasteiger partial charge is 0.299 e. The van der Waals surface area contributed by atoms with E-state index in [-0.39, 0.29) is 5.41 Å². The molecule has 0 radical (unpaired) electrons. The number of rotatable bonds is 5. The quantitative estimate of drug-likeness (QED) is 0.747. The SMILES string of the molecule is O=C(CCC1CC1)C1(c2ccccc2)CCC1. The predicted octanol–water partition coefficient (Wildman–Crippen LogP) is 3.87. The van der Waals surface area contributed by atoms with Gasteiger partial charge in [0.2, 0.25) is 0 Å². The number of hydrogen-bond donors (Lipinski definition) is 0. The fourth-order valence-electron chi connectivity index (χ4n) is 3.00. The normalized spacial score (nSPS) is 21.9. The van der Waals surface area contributed by atoms with E-state index in [1.165, 1.54) is 24.8 Å². The summed E-state index contributed by atoms with van der Waals surface area (Å²) < 4.78 is 0. The molecule has 0 aliphatic heterocycles. The lowest BCUT2D eigenvalue weighted by molar-refractivity contribution is -0.127. The Balaban J connectivity index is 1.74. The van der Waals surface area contributed by atoms with Crippen molar-refractivity contribution in [2.75, 3.05) is 0 Å². The molecule has 90 valence electrons. The third-order valence-electron chi connectivity index (χ3n) is 4.54. The van der Waals surface area contributed by atoms with Gasteiger partial charge in [-0.2, -0.15) is 0 Å². The van der Waals surface area contributed by atoms with Gasteiger partial charge in [-0.25, -0.2) is 0 Å². The van der Waals surface area contributed by atoms with E-state index < -0.39 is 0 Å². The molecule has 1 aromatic rings. The van der Waals surface area contributed by atoms with Crippen LogP contribution in [-0.2, 0) is 10.2 Å². The van der Waals surface area contributed by atoms with Gasteiger partial charge in [0.05, 0.1) is 5.41 Å². The lowest BCUT2D eigenvalue weighted by Crippen LogP contribution is -2.42. The van der Waals surface area contributed by atoms with Gasteiger partial charge in [0.1, 0.15) is 5.78 Å². The van der Waals surface area contributed by atoms with Crippen LogP contribution in [0, 0.1) is 5.92 Å². The Morgan fingerprint density at radius 2 is 1.88 bits per heavy atom. The molecular formula is C16H20O. The molecule has 0 atom stereocenters. The van der Waals surface area contributed by atoms with Crippen LogP contribution in [0.15, 0.2) is 30.3 Å². The van der Waals surface area contributed by atoms with Gasteiger partial charge in [0.25, 0.3) is 0 Å². The molecule has 2 saturated carbocycles. The minimum Gasteiger partial charge on any atom is -0.299 e. The third kappa shape index (κ3) is 2.03. The summed E-state index contributed by atoms with van der Waals surface area (Å²) in [5, 5.41) is 0. The van der Waals surface area contributed by atoms with Crippen LogP contribution in [-0.4, -0.2) is 5.78 Å². The van der Waals surface area contributed by atoms with Gasteiger partial charge in [-0.15, -0.1) is 0 Å². The van der Waals surface area contributed by atoms with E-state index in [0.717, 1.165) is 31.6 Å². The number of carbonyl (C=O) groups excluding carboxylic acids is 1. The Kier molecular flexibility index (Phi) is 2.78. The Hall–Kier alpha value is -1.11. The van der Waals surface area contributed by atoms with Crippen molar-refractivity contribution in [3.8, 4) is 0 Å². The molecular weight excluding hydrogens is 208 g/mol. The van der Waals surface area contributed by atoms with E-state index in [0.29, 0.717) is 5.78 Å². The zero-order chi connectivity index (χ0) is 11.7. The first kappa shape index (κ1) is 11.0. The molecule has 0 bridgehead atoms. The fraction of sp³-hybridized carbons (Fsp3) is 0.562. The van der Waals surface area contributed by atoms with E-state index in [4.69, 9.17) is 0 Å². The van der Waals surface area contributed by atoms with Crippen molar-refractivity contribution in [3.05, 3.63) is 35.9 Å². The number of ketones is 1. The van der Waals surface area contributed by atoms with Crippen LogP contribution in [0.25, 0.3) is 0 Å². The van der Waals surface area contributed by atoms with Crippen molar-refractivity contribution < 1.29 is 4.79 Å². The maximum Gasteiger partial charge on any atom is 0.143 e. The third-order valence-corrected chi connectivity index (χ3v) is 4.54. The summed E-state index contributed by atoms with van der Waals surface area (Å²) in [4.78, 5) is 12.5. The number of benzene rings is 1. The summed E-state index contributed by atoms with van der Waals surface area (Å²) in [6, 6.07) is 10.4. The molecule has 2 aliphatic carbocycles. The van der Waals surface area contributed by atoms with E-state index in [1.54, 1.807) is 0 Å². The molecule has 3 rings (SSSR count). The molecule has 17 heavy (non-hydrogen) atoms. The van der Waals surface area contributed by atoms with Gasteiger partial charge in [-0.3, -0.25) is 4.79 Å². The molecule has 1 nitrogen and oxygen atoms in total. The van der Waals surface area contributed by atoms with Crippen molar-refractivity contribution >= 4 is 5.78 Å². The molecule has 2 fully saturated rings. The predicted molar refractivity (Wildman–Crippen MR) is 68.9 cm³/mol. The van der Waals surface area contributed by atoms with Crippen LogP contribution in [0.3, 0.4) is 0 Å². The first-order chi connectivity index (χ1) is 8.31. The van der Waals surface area contributed by atoms with Gasteiger partial charge in [-0.05, 0) is 30.7 Å². The topological polar surface area (TPSA) is 17.1 Å². The van der Waals surface area contributed by atoms with Crippen LogP contribution >= 0.6 is 0 Å². The van der Waals surface area contributed by atoms with Crippen LogP contribution < -0.4 is 0 Å². The van der Waals surface area contributed by atoms with E-state index >= 15 is 0 Å². The Bertz CT molecular complexity index is 399. The smallest absolute Gasteiger partial charge is 0.143 e. The minimum atomic E-state index is -0.101. The summed E-state index contributed by atoms with van der Waals surface area (Å²) in [6.07, 6.45) is 8.00. The number of hydrogen-bond acceptors (Lipinski definition) is 1. The monoisotopic (exact) mass is 228 g/mol. The molecule has 1 heteroatoms. The van der Waals surface area contributed by atoms with Crippen molar-refractivity contribution in [1.82, 2.24) is 0 Å². The maximum atomic E-state index is 12.5. The van der Waals surface area contributed by atoms with Crippen molar-refractivity contribution in [2.24, 2.45) is 5.92 Å². The Labute approximate surface area is 103 Å². The highest BCUT2D eigenvalue weighted by molar-refractivity contribution is 5.91. The molecule has 1 aromatic carbocycles. The average molecular weight is 228 g/mol. The van der Waals surface area contributed by atoms with Gasteiger partial charge in [0, 0.05) is 6.42 Å². The molecule has 0 aromatic heterocycles. The van der Waals surface area contributed by atoms with Crippen molar-refractivity contribution in [1.29, 1.82) is 0 Å². The lowest BCUT2D eigenvalue weighted by Gasteiger charge is -2.41. The van der Waals surface area contributed by atoms with Gasteiger partial charge in [-0.1, -0.05) is 49.6 Å². The van der Waals surface area contributed by atoms with Crippen LogP contribution in [0.2, 0.25) is 0 Å². The van der Waals surface area contributed by atoms with E-state index in [9.17, 15) is 4.79 Å².